The zero-order valence-electron chi connectivity index (χ0n) is 10.4. The first-order valence-electron chi connectivity index (χ1n) is 5.99. The summed E-state index contributed by atoms with van der Waals surface area (Å²) >= 11 is 0. The van der Waals surface area contributed by atoms with Crippen LogP contribution < -0.4 is 10.6 Å². The molecule has 96 valence electrons. The summed E-state index contributed by atoms with van der Waals surface area (Å²) in [4.78, 5) is 23.0. The third kappa shape index (κ3) is 1.81. The van der Waals surface area contributed by atoms with Crippen LogP contribution in [0.1, 0.15) is 37.0 Å². The first kappa shape index (κ1) is 12.4. The molecule has 2 rings (SSSR count). The van der Waals surface area contributed by atoms with E-state index in [2.05, 4.69) is 10.6 Å². The van der Waals surface area contributed by atoms with Gasteiger partial charge in [-0.2, -0.15) is 0 Å². The maximum Gasteiger partial charge on any atom is 0.335 e. The lowest BCUT2D eigenvalue weighted by Crippen LogP contribution is -2.51. The summed E-state index contributed by atoms with van der Waals surface area (Å²) in [5.41, 5.74) is 0.851. The Hall–Kier alpha value is -2.04. The summed E-state index contributed by atoms with van der Waals surface area (Å²) < 4.78 is 0. The smallest absolute Gasteiger partial charge is 0.335 e. The third-order valence-electron chi connectivity index (χ3n) is 3.53. The summed E-state index contributed by atoms with van der Waals surface area (Å²) in [5, 5.41) is 15.0. The number of carbonyl (C=O) groups is 2. The van der Waals surface area contributed by atoms with Gasteiger partial charge in [-0.3, -0.25) is 4.79 Å². The molecule has 0 fully saturated rings. The highest BCUT2D eigenvalue weighted by molar-refractivity contribution is 6.06. The molecule has 1 aliphatic heterocycles. The zero-order valence-corrected chi connectivity index (χ0v) is 10.4. The van der Waals surface area contributed by atoms with E-state index in [9.17, 15) is 9.59 Å². The number of carboxylic acid groups (broad SMARTS) is 1. The van der Waals surface area contributed by atoms with E-state index < -0.39 is 11.5 Å². The van der Waals surface area contributed by atoms with Crippen LogP contribution in [-0.2, 0) is 4.79 Å². The number of hydrogen-bond donors (Lipinski definition) is 3. The Morgan fingerprint density at radius 2 is 1.94 bits per heavy atom. The average Bonchev–Trinajstić information content (AvgIpc) is 2.37. The van der Waals surface area contributed by atoms with Crippen molar-refractivity contribution >= 4 is 23.3 Å². The second-order valence-electron chi connectivity index (χ2n) is 4.43. The quantitative estimate of drug-likeness (QED) is 0.767. The van der Waals surface area contributed by atoms with Crippen LogP contribution in [0.2, 0.25) is 0 Å². The van der Waals surface area contributed by atoms with Crippen molar-refractivity contribution in [2.75, 3.05) is 10.6 Å². The number of carbonyl (C=O) groups excluding carboxylic acids is 1. The number of hydrogen-bond acceptors (Lipinski definition) is 3. The van der Waals surface area contributed by atoms with Crippen molar-refractivity contribution in [3.8, 4) is 0 Å². The van der Waals surface area contributed by atoms with E-state index in [1.165, 1.54) is 6.07 Å². The lowest BCUT2D eigenvalue weighted by molar-refractivity contribution is -0.120. The number of nitrogens with one attached hydrogen (secondary N) is 2. The Morgan fingerprint density at radius 3 is 2.50 bits per heavy atom. The molecule has 0 atom stereocenters. The van der Waals surface area contributed by atoms with Gasteiger partial charge in [0.05, 0.1) is 16.9 Å². The van der Waals surface area contributed by atoms with E-state index in [4.69, 9.17) is 5.11 Å². The molecule has 1 amide bonds. The van der Waals surface area contributed by atoms with Crippen LogP contribution in [0.3, 0.4) is 0 Å². The fourth-order valence-corrected chi connectivity index (χ4v) is 2.19. The highest BCUT2D eigenvalue weighted by Crippen LogP contribution is 2.34. The Labute approximate surface area is 105 Å². The van der Waals surface area contributed by atoms with Crippen LogP contribution in [0.25, 0.3) is 0 Å². The van der Waals surface area contributed by atoms with Gasteiger partial charge in [0.2, 0.25) is 5.91 Å². The van der Waals surface area contributed by atoms with Gasteiger partial charge < -0.3 is 15.7 Å². The molecule has 1 heterocycles. The Balaban J connectivity index is 2.45. The van der Waals surface area contributed by atoms with E-state index in [1.807, 2.05) is 13.8 Å². The molecule has 0 saturated carbocycles. The van der Waals surface area contributed by atoms with Crippen molar-refractivity contribution in [3.63, 3.8) is 0 Å². The lowest BCUT2D eigenvalue weighted by Gasteiger charge is -2.37. The Morgan fingerprint density at radius 1 is 1.28 bits per heavy atom. The molecule has 0 saturated heterocycles. The van der Waals surface area contributed by atoms with Crippen LogP contribution >= 0.6 is 0 Å². The minimum absolute atomic E-state index is 0.0666. The van der Waals surface area contributed by atoms with E-state index in [0.717, 1.165) is 0 Å². The fourth-order valence-electron chi connectivity index (χ4n) is 2.19. The normalized spacial score (nSPS) is 16.4. The van der Waals surface area contributed by atoms with Gasteiger partial charge in [-0.15, -0.1) is 0 Å². The number of aromatic carboxylic acids is 1. The van der Waals surface area contributed by atoms with Crippen LogP contribution in [0, 0.1) is 0 Å². The Kier molecular flexibility index (Phi) is 2.98. The van der Waals surface area contributed by atoms with Gasteiger partial charge >= 0.3 is 5.97 Å². The molecule has 18 heavy (non-hydrogen) atoms. The maximum atomic E-state index is 12.1. The lowest BCUT2D eigenvalue weighted by atomic mass is 9.89. The standard InChI is InChI=1S/C13H16N2O3/c1-3-13(4-2)12(18)14-9-6-5-8(11(16)17)7-10(9)15-13/h5-7,15H,3-4H2,1-2H3,(H,14,18)(H,16,17). The first-order valence-corrected chi connectivity index (χ1v) is 5.99. The SMILES string of the molecule is CCC1(CC)Nc2cc(C(=O)O)ccc2NC1=O. The van der Waals surface area contributed by atoms with E-state index in [1.54, 1.807) is 12.1 Å². The molecule has 1 aromatic carbocycles. The van der Waals surface area contributed by atoms with Crippen molar-refractivity contribution in [1.82, 2.24) is 0 Å². The van der Waals surface area contributed by atoms with Crippen LogP contribution in [0.5, 0.6) is 0 Å². The van der Waals surface area contributed by atoms with Gasteiger partial charge in [0.25, 0.3) is 0 Å². The van der Waals surface area contributed by atoms with E-state index in [0.29, 0.717) is 24.2 Å². The van der Waals surface area contributed by atoms with Crippen LogP contribution in [0.15, 0.2) is 18.2 Å². The largest absolute Gasteiger partial charge is 0.478 e. The molecule has 0 unspecified atom stereocenters. The van der Waals surface area contributed by atoms with Crippen molar-refractivity contribution in [3.05, 3.63) is 23.8 Å². The molecule has 0 aliphatic carbocycles. The number of anilines is 2. The molecule has 0 radical (unpaired) electrons. The van der Waals surface area contributed by atoms with Gasteiger partial charge in [-0.05, 0) is 31.0 Å². The van der Waals surface area contributed by atoms with Gasteiger partial charge in [0, 0.05) is 0 Å². The molecule has 5 nitrogen and oxygen atoms in total. The second kappa shape index (κ2) is 4.33. The number of benzene rings is 1. The molecule has 3 N–H and O–H groups in total. The average molecular weight is 248 g/mol. The highest BCUT2D eigenvalue weighted by atomic mass is 16.4. The molecule has 1 aliphatic rings. The molecular weight excluding hydrogens is 232 g/mol. The van der Waals surface area contributed by atoms with E-state index in [-0.39, 0.29) is 11.5 Å². The van der Waals surface area contributed by atoms with E-state index >= 15 is 0 Å². The first-order chi connectivity index (χ1) is 8.52. The molecular formula is C13H16N2O3. The maximum absolute atomic E-state index is 12.1. The number of carboxylic acids is 1. The summed E-state index contributed by atoms with van der Waals surface area (Å²) in [6.45, 7) is 3.87. The summed E-state index contributed by atoms with van der Waals surface area (Å²) in [5.74, 6) is -1.04. The number of fused-ring (bicyclic) bond motifs is 1. The fraction of sp³-hybridized carbons (Fsp3) is 0.385. The molecule has 5 heteroatoms. The van der Waals surface area contributed by atoms with Crippen molar-refractivity contribution in [1.29, 1.82) is 0 Å². The zero-order chi connectivity index (χ0) is 13.3. The summed E-state index contributed by atoms with van der Waals surface area (Å²) in [6.07, 6.45) is 1.29. The minimum Gasteiger partial charge on any atom is -0.478 e. The van der Waals surface area contributed by atoms with Gasteiger partial charge in [-0.25, -0.2) is 4.79 Å². The van der Waals surface area contributed by atoms with Crippen LogP contribution in [-0.4, -0.2) is 22.5 Å². The van der Waals surface area contributed by atoms with Gasteiger partial charge in [0.15, 0.2) is 0 Å². The van der Waals surface area contributed by atoms with Gasteiger partial charge in [0.1, 0.15) is 5.54 Å². The molecule has 0 bridgehead atoms. The number of rotatable bonds is 3. The van der Waals surface area contributed by atoms with Crippen molar-refractivity contribution in [2.24, 2.45) is 0 Å². The number of amides is 1. The Bertz CT molecular complexity index is 507. The summed E-state index contributed by atoms with van der Waals surface area (Å²) in [7, 11) is 0. The topological polar surface area (TPSA) is 78.4 Å². The van der Waals surface area contributed by atoms with Crippen LogP contribution in [0.4, 0.5) is 11.4 Å². The second-order valence-corrected chi connectivity index (χ2v) is 4.43. The summed E-state index contributed by atoms with van der Waals surface area (Å²) in [6, 6.07) is 4.64. The molecule has 0 spiro atoms. The highest BCUT2D eigenvalue weighted by Gasteiger charge is 2.38. The third-order valence-corrected chi connectivity index (χ3v) is 3.53. The molecule has 0 aromatic heterocycles. The minimum atomic E-state index is -0.977. The monoisotopic (exact) mass is 248 g/mol. The van der Waals surface area contributed by atoms with Crippen molar-refractivity contribution < 1.29 is 14.7 Å². The molecule has 1 aromatic rings. The van der Waals surface area contributed by atoms with Gasteiger partial charge in [-0.1, -0.05) is 13.8 Å². The predicted molar refractivity (Wildman–Crippen MR) is 69.0 cm³/mol. The van der Waals surface area contributed by atoms with Crippen molar-refractivity contribution in [2.45, 2.75) is 32.2 Å². The predicted octanol–water partition coefficient (Wildman–Crippen LogP) is 2.31.